The van der Waals surface area contributed by atoms with Gasteiger partial charge in [0.1, 0.15) is 11.6 Å². The number of nitro groups is 1. The van der Waals surface area contributed by atoms with E-state index in [1.54, 1.807) is 17.8 Å². The molecule has 0 saturated heterocycles. The van der Waals surface area contributed by atoms with Crippen molar-refractivity contribution >= 4 is 17.4 Å². The summed E-state index contributed by atoms with van der Waals surface area (Å²) in [5.41, 5.74) is 0.0147. The van der Waals surface area contributed by atoms with Crippen molar-refractivity contribution in [3.8, 4) is 6.07 Å². The highest BCUT2D eigenvalue weighted by atomic mass is 32.2. The first-order valence-corrected chi connectivity index (χ1v) is 6.49. The van der Waals surface area contributed by atoms with E-state index in [1.165, 1.54) is 18.6 Å². The highest BCUT2D eigenvalue weighted by molar-refractivity contribution is 7.99. The molecule has 0 radical (unpaired) electrons. The largest absolute Gasteiger partial charge is 0.288 e. The zero-order chi connectivity index (χ0) is 12.7. The summed E-state index contributed by atoms with van der Waals surface area (Å²) >= 11 is 1.60. The molecular weight excluding hydrogens is 236 g/mol. The predicted molar refractivity (Wildman–Crippen MR) is 68.1 cm³/mol. The van der Waals surface area contributed by atoms with Gasteiger partial charge < -0.3 is 0 Å². The Morgan fingerprint density at radius 2 is 2.24 bits per heavy atom. The third-order valence-corrected chi connectivity index (χ3v) is 3.38. The number of rotatable bonds is 6. The summed E-state index contributed by atoms with van der Waals surface area (Å²) in [6.07, 6.45) is 3.44. The molecule has 0 heterocycles. The average Bonchev–Trinajstić information content (AvgIpc) is 2.34. The molecule has 0 aromatic heterocycles. The van der Waals surface area contributed by atoms with Crippen LogP contribution in [0.25, 0.3) is 0 Å². The molecule has 0 unspecified atom stereocenters. The predicted octanol–water partition coefficient (Wildman–Crippen LogP) is 3.75. The molecule has 90 valence electrons. The first-order valence-electron chi connectivity index (χ1n) is 5.50. The van der Waals surface area contributed by atoms with E-state index in [-0.39, 0.29) is 11.3 Å². The summed E-state index contributed by atoms with van der Waals surface area (Å²) in [6, 6.07) is 6.59. The molecular formula is C12H14N2O2S. The Morgan fingerprint density at radius 3 is 2.82 bits per heavy atom. The van der Waals surface area contributed by atoms with E-state index in [9.17, 15) is 10.1 Å². The first-order chi connectivity index (χ1) is 8.19. The van der Waals surface area contributed by atoms with Crippen molar-refractivity contribution in [1.29, 1.82) is 5.26 Å². The lowest BCUT2D eigenvalue weighted by Crippen LogP contribution is -1.92. The molecule has 0 saturated carbocycles. The maximum absolute atomic E-state index is 10.8. The van der Waals surface area contributed by atoms with Crippen LogP contribution in [0.2, 0.25) is 0 Å². The van der Waals surface area contributed by atoms with Gasteiger partial charge in [0.15, 0.2) is 0 Å². The van der Waals surface area contributed by atoms with Crippen molar-refractivity contribution in [2.45, 2.75) is 31.1 Å². The molecule has 1 aromatic rings. The quantitative estimate of drug-likeness (QED) is 0.334. The molecule has 5 heteroatoms. The summed E-state index contributed by atoms with van der Waals surface area (Å²) in [4.78, 5) is 11.1. The van der Waals surface area contributed by atoms with E-state index in [0.717, 1.165) is 23.5 Å². The second kappa shape index (κ2) is 6.92. The van der Waals surface area contributed by atoms with Crippen molar-refractivity contribution in [2.75, 3.05) is 5.75 Å². The van der Waals surface area contributed by atoms with E-state index in [2.05, 4.69) is 6.92 Å². The summed E-state index contributed by atoms with van der Waals surface area (Å²) in [7, 11) is 0. The molecule has 0 bridgehead atoms. The van der Waals surface area contributed by atoms with Gasteiger partial charge in [0.25, 0.3) is 5.69 Å². The van der Waals surface area contributed by atoms with E-state index < -0.39 is 4.92 Å². The third kappa shape index (κ3) is 4.08. The maximum atomic E-state index is 10.8. The Hall–Kier alpha value is -1.54. The van der Waals surface area contributed by atoms with Crippen molar-refractivity contribution in [1.82, 2.24) is 0 Å². The normalized spacial score (nSPS) is 9.88. The smallest absolute Gasteiger partial charge is 0.258 e. The fraction of sp³-hybridized carbons (Fsp3) is 0.417. The molecule has 0 aliphatic heterocycles. The summed E-state index contributed by atoms with van der Waals surface area (Å²) in [5.74, 6) is 0.955. The minimum Gasteiger partial charge on any atom is -0.258 e. The average molecular weight is 250 g/mol. The molecule has 1 rings (SSSR count). The Kier molecular flexibility index (Phi) is 5.50. The van der Waals surface area contributed by atoms with Gasteiger partial charge in [0.05, 0.1) is 4.92 Å². The lowest BCUT2D eigenvalue weighted by atomic mass is 10.2. The second-order valence-corrected chi connectivity index (χ2v) is 4.77. The molecule has 0 atom stereocenters. The van der Waals surface area contributed by atoms with E-state index in [0.29, 0.717) is 0 Å². The van der Waals surface area contributed by atoms with Crippen LogP contribution in [0.1, 0.15) is 31.7 Å². The number of nitrogens with zero attached hydrogens (tertiary/aromatic N) is 2. The third-order valence-electron chi connectivity index (χ3n) is 2.30. The van der Waals surface area contributed by atoms with Gasteiger partial charge in [0, 0.05) is 11.0 Å². The minimum atomic E-state index is -0.505. The molecule has 0 amide bonds. The number of nitro benzene ring substituents is 1. The van der Waals surface area contributed by atoms with Crippen LogP contribution in [0, 0.1) is 21.4 Å². The Balaban J connectivity index is 2.72. The molecule has 0 N–H and O–H groups in total. The fourth-order valence-corrected chi connectivity index (χ4v) is 2.33. The first kappa shape index (κ1) is 13.5. The molecule has 1 aromatic carbocycles. The highest BCUT2D eigenvalue weighted by Gasteiger charge is 2.14. The van der Waals surface area contributed by atoms with Crippen LogP contribution < -0.4 is 0 Å². The summed E-state index contributed by atoms with van der Waals surface area (Å²) in [6.45, 7) is 2.14. The van der Waals surface area contributed by atoms with Crippen molar-refractivity contribution in [3.63, 3.8) is 0 Å². The van der Waals surface area contributed by atoms with Crippen LogP contribution >= 0.6 is 11.8 Å². The van der Waals surface area contributed by atoms with Gasteiger partial charge in [-0.05, 0) is 24.3 Å². The fourth-order valence-electron chi connectivity index (χ4n) is 1.39. The number of nitriles is 1. The van der Waals surface area contributed by atoms with Crippen LogP contribution in [-0.4, -0.2) is 10.7 Å². The van der Waals surface area contributed by atoms with Crippen molar-refractivity contribution in [3.05, 3.63) is 33.9 Å². The van der Waals surface area contributed by atoms with Crippen LogP contribution in [0.15, 0.2) is 23.1 Å². The standard InChI is InChI=1S/C12H14N2O2S/c1-2-3-4-7-17-11-6-5-10(9-13)12(8-11)14(15)16/h5-6,8H,2-4,7H2,1H3. The van der Waals surface area contributed by atoms with Gasteiger partial charge in [-0.2, -0.15) is 5.26 Å². The molecule has 17 heavy (non-hydrogen) atoms. The van der Waals surface area contributed by atoms with Gasteiger partial charge in [-0.3, -0.25) is 10.1 Å². The van der Waals surface area contributed by atoms with Gasteiger partial charge in [-0.1, -0.05) is 19.8 Å². The zero-order valence-corrected chi connectivity index (χ0v) is 10.5. The van der Waals surface area contributed by atoms with Crippen LogP contribution in [0.4, 0.5) is 5.69 Å². The van der Waals surface area contributed by atoms with Crippen LogP contribution in [0.5, 0.6) is 0 Å². The lowest BCUT2D eigenvalue weighted by Gasteiger charge is -2.02. The van der Waals surface area contributed by atoms with Crippen molar-refractivity contribution in [2.24, 2.45) is 0 Å². The summed E-state index contributed by atoms with van der Waals surface area (Å²) < 4.78 is 0. The summed E-state index contributed by atoms with van der Waals surface area (Å²) in [5, 5.41) is 19.5. The number of thioether (sulfide) groups is 1. The van der Waals surface area contributed by atoms with Gasteiger partial charge >= 0.3 is 0 Å². The topological polar surface area (TPSA) is 66.9 Å². The van der Waals surface area contributed by atoms with Crippen molar-refractivity contribution < 1.29 is 4.92 Å². The second-order valence-electron chi connectivity index (χ2n) is 3.60. The molecule has 4 nitrogen and oxygen atoms in total. The van der Waals surface area contributed by atoms with E-state index >= 15 is 0 Å². The lowest BCUT2D eigenvalue weighted by molar-refractivity contribution is -0.385. The van der Waals surface area contributed by atoms with E-state index in [4.69, 9.17) is 5.26 Å². The molecule has 0 aliphatic carbocycles. The van der Waals surface area contributed by atoms with Crippen LogP contribution in [-0.2, 0) is 0 Å². The number of hydrogen-bond donors (Lipinski definition) is 0. The Morgan fingerprint density at radius 1 is 1.47 bits per heavy atom. The highest BCUT2D eigenvalue weighted by Crippen LogP contribution is 2.26. The molecule has 0 aliphatic rings. The number of benzene rings is 1. The minimum absolute atomic E-state index is 0.104. The van der Waals surface area contributed by atoms with Gasteiger partial charge in [-0.25, -0.2) is 0 Å². The van der Waals surface area contributed by atoms with Gasteiger partial charge in [0.2, 0.25) is 0 Å². The zero-order valence-electron chi connectivity index (χ0n) is 9.68. The molecule has 0 spiro atoms. The SMILES string of the molecule is CCCCCSc1ccc(C#N)c([N+](=O)[O-])c1. The van der Waals surface area contributed by atoms with Crippen LogP contribution in [0.3, 0.4) is 0 Å². The Bertz CT molecular complexity index is 441. The number of unbranched alkanes of at least 4 members (excludes halogenated alkanes) is 2. The maximum Gasteiger partial charge on any atom is 0.288 e. The molecule has 0 fully saturated rings. The van der Waals surface area contributed by atoms with E-state index in [1.807, 2.05) is 6.07 Å². The van der Waals surface area contributed by atoms with Gasteiger partial charge in [-0.15, -0.1) is 11.8 Å². The monoisotopic (exact) mass is 250 g/mol. The number of hydrogen-bond acceptors (Lipinski definition) is 4. The Labute approximate surface area is 105 Å².